The Kier molecular flexibility index (Phi) is 17.4. The van der Waals surface area contributed by atoms with E-state index in [1.54, 1.807) is 27.0 Å². The average molecular weight is 1000 g/mol. The molecule has 0 radical (unpaired) electrons. The lowest BCUT2D eigenvalue weighted by molar-refractivity contribution is -0.385. The summed E-state index contributed by atoms with van der Waals surface area (Å²) in [5.74, 6) is 0.429. The molecule has 23 heteroatoms. The summed E-state index contributed by atoms with van der Waals surface area (Å²) in [5.41, 5.74) is -2.89. The molecule has 4 aromatic carbocycles. The van der Waals surface area contributed by atoms with E-state index in [9.17, 15) is 58.9 Å². The van der Waals surface area contributed by atoms with Crippen LogP contribution in [0.25, 0.3) is 22.4 Å². The van der Waals surface area contributed by atoms with Gasteiger partial charge in [0.25, 0.3) is 28.1 Å². The molecule has 73 heavy (non-hydrogen) atoms. The van der Waals surface area contributed by atoms with Gasteiger partial charge in [0.15, 0.2) is 0 Å². The van der Waals surface area contributed by atoms with Crippen molar-refractivity contribution < 1.29 is 38.8 Å². The van der Waals surface area contributed by atoms with Crippen LogP contribution in [0.2, 0.25) is 0 Å². The molecule has 3 heterocycles. The number of nitro groups is 2. The molecular weight excluding hydrogens is 953 g/mol. The standard InChI is InChI=1S/C17H14N4O6.C14H14N4O4.C12H10O.C7H12O4/c1-18-13(23)8-12(22)14-15(18)19(10-3-2-4-11(7-10)21(26)27)17(25)20(16(14)24)9-5-6-9;1-15-12-8-13(19)17(9-5-6-9)14(20)16(12)10-3-2-4-11(7-10)18(21)22;1-3-7-11(8-4-1)13-12-9-5-2-6-10-12;1-3-10-6(8)5-7(9)11-4-2/h2-4,7-9,22H,5-6H2,1H3;2-4,7-9,15H,5-6H2,1H3;1-10H;3-5H2,1-2H3. The highest BCUT2D eigenvalue weighted by atomic mass is 16.6. The summed E-state index contributed by atoms with van der Waals surface area (Å²) in [4.78, 5) is 105. The predicted octanol–water partition coefficient (Wildman–Crippen LogP) is 6.07. The van der Waals surface area contributed by atoms with Crippen LogP contribution < -0.4 is 38.1 Å². The minimum absolute atomic E-state index is 0.0733. The van der Waals surface area contributed by atoms with Gasteiger partial charge in [0, 0.05) is 62.6 Å². The van der Waals surface area contributed by atoms with Crippen LogP contribution in [0.4, 0.5) is 17.2 Å². The number of non-ortho nitro benzene ring substituents is 2. The van der Waals surface area contributed by atoms with Crippen molar-refractivity contribution in [2.45, 2.75) is 58.0 Å². The van der Waals surface area contributed by atoms with Crippen molar-refractivity contribution in [3.05, 3.63) is 194 Å². The van der Waals surface area contributed by atoms with E-state index in [1.807, 2.05) is 60.7 Å². The molecule has 23 nitrogen and oxygen atoms in total. The van der Waals surface area contributed by atoms with Gasteiger partial charge in [-0.3, -0.25) is 57.9 Å². The molecule has 0 aliphatic heterocycles. The Balaban J connectivity index is 0.000000169. The van der Waals surface area contributed by atoms with E-state index in [0.717, 1.165) is 44.1 Å². The molecule has 0 bridgehead atoms. The minimum Gasteiger partial charge on any atom is -0.507 e. The maximum atomic E-state index is 13.1. The Morgan fingerprint density at radius 1 is 0.644 bits per heavy atom. The van der Waals surface area contributed by atoms with Gasteiger partial charge in [-0.05, 0) is 75.9 Å². The number of nitro benzene ring substituents is 2. The zero-order valence-corrected chi connectivity index (χ0v) is 39.9. The molecule has 0 saturated heterocycles. The lowest BCUT2D eigenvalue weighted by Gasteiger charge is -2.16. The number of pyridine rings is 1. The Hall–Kier alpha value is -9.41. The molecule has 0 spiro atoms. The van der Waals surface area contributed by atoms with Crippen LogP contribution in [-0.4, -0.2) is 70.0 Å². The van der Waals surface area contributed by atoms with Crippen LogP contribution in [0.15, 0.2) is 145 Å². The molecule has 3 aromatic heterocycles. The first-order chi connectivity index (χ1) is 35.0. The number of hydrogen-bond donors (Lipinski definition) is 2. The Morgan fingerprint density at radius 3 is 1.56 bits per heavy atom. The number of anilines is 1. The monoisotopic (exact) mass is 1000 g/mol. The maximum Gasteiger partial charge on any atom is 0.337 e. The fourth-order valence-electron chi connectivity index (χ4n) is 7.24. The zero-order valence-electron chi connectivity index (χ0n) is 39.9. The lowest BCUT2D eigenvalue weighted by atomic mass is 10.2. The van der Waals surface area contributed by atoms with Crippen LogP contribution in [0.5, 0.6) is 17.2 Å². The number of carbonyl (C=O) groups excluding carboxylic acids is 2. The van der Waals surface area contributed by atoms with Gasteiger partial charge in [-0.15, -0.1) is 0 Å². The van der Waals surface area contributed by atoms with Crippen molar-refractivity contribution in [3.8, 4) is 28.6 Å². The number of fused-ring (bicyclic) bond motifs is 1. The van der Waals surface area contributed by atoms with E-state index in [4.69, 9.17) is 4.74 Å². The van der Waals surface area contributed by atoms with Gasteiger partial charge < -0.3 is 24.6 Å². The summed E-state index contributed by atoms with van der Waals surface area (Å²) in [6, 6.07) is 32.5. The normalized spacial score (nSPS) is 12.3. The molecule has 7 aromatic rings. The van der Waals surface area contributed by atoms with Crippen molar-refractivity contribution in [2.75, 3.05) is 25.6 Å². The first-order valence-electron chi connectivity index (χ1n) is 22.7. The van der Waals surface area contributed by atoms with Crippen LogP contribution in [0.1, 0.15) is 58.0 Å². The van der Waals surface area contributed by atoms with Crippen molar-refractivity contribution in [1.29, 1.82) is 0 Å². The van der Waals surface area contributed by atoms with Crippen LogP contribution in [-0.2, 0) is 26.1 Å². The second kappa shape index (κ2) is 23.9. The van der Waals surface area contributed by atoms with Gasteiger partial charge in [-0.25, -0.2) is 18.7 Å². The topological polar surface area (TPSA) is 290 Å². The summed E-state index contributed by atoms with van der Waals surface area (Å²) >= 11 is 0. The Morgan fingerprint density at radius 2 is 1.11 bits per heavy atom. The first-order valence-corrected chi connectivity index (χ1v) is 22.7. The molecule has 380 valence electrons. The van der Waals surface area contributed by atoms with Crippen LogP contribution in [0, 0.1) is 20.2 Å². The largest absolute Gasteiger partial charge is 0.507 e. The number of nitrogens with zero attached hydrogens (tertiary/aromatic N) is 7. The SMILES string of the molecule is CCOC(=O)CC(=O)OCC.CNc1cc(=O)n(C2CC2)c(=O)n1-c1cccc([N+](=O)[O-])c1.Cn1c(=O)cc(O)c2c(=O)n(C3CC3)c(=O)n(-c3cccc([N+](=O)[O-])c3)c21.c1ccc(Oc2ccccc2)cc1. The summed E-state index contributed by atoms with van der Waals surface area (Å²) in [7, 11) is 2.95. The number of aryl methyl sites for hydroxylation is 1. The van der Waals surface area contributed by atoms with E-state index in [1.165, 1.54) is 64.7 Å². The minimum atomic E-state index is -0.712. The molecule has 0 amide bonds. The molecule has 2 N–H and O–H groups in total. The van der Waals surface area contributed by atoms with Crippen molar-refractivity contribution in [2.24, 2.45) is 7.05 Å². The summed E-state index contributed by atoms with van der Waals surface area (Å²) in [6.45, 7) is 3.95. The van der Waals surface area contributed by atoms with E-state index in [0.29, 0.717) is 24.3 Å². The Labute approximate surface area is 413 Å². The van der Waals surface area contributed by atoms with Crippen LogP contribution >= 0.6 is 0 Å². The van der Waals surface area contributed by atoms with Gasteiger partial charge in [0.1, 0.15) is 40.5 Å². The molecule has 2 saturated carbocycles. The van der Waals surface area contributed by atoms with E-state index in [2.05, 4.69) is 14.8 Å². The number of ether oxygens (including phenoxy) is 3. The summed E-state index contributed by atoms with van der Waals surface area (Å²) < 4.78 is 20.3. The predicted molar refractivity (Wildman–Crippen MR) is 267 cm³/mol. The van der Waals surface area contributed by atoms with Gasteiger partial charge in [-0.2, -0.15) is 0 Å². The number of nitrogens with one attached hydrogen (secondary N) is 1. The molecule has 2 fully saturated rings. The highest BCUT2D eigenvalue weighted by Gasteiger charge is 2.31. The highest BCUT2D eigenvalue weighted by molar-refractivity contribution is 5.91. The number of hydrogen-bond acceptors (Lipinski definition) is 16. The smallest absolute Gasteiger partial charge is 0.337 e. The molecule has 9 rings (SSSR count). The number of esters is 2. The van der Waals surface area contributed by atoms with E-state index < -0.39 is 50.0 Å². The number of rotatable bonds is 13. The van der Waals surface area contributed by atoms with Gasteiger partial charge >= 0.3 is 23.3 Å². The maximum absolute atomic E-state index is 13.1. The number of aromatic nitrogens is 5. The lowest BCUT2D eigenvalue weighted by Crippen LogP contribution is -2.41. The third-order valence-corrected chi connectivity index (χ3v) is 10.9. The highest BCUT2D eigenvalue weighted by Crippen LogP contribution is 2.34. The molecule has 0 unspecified atom stereocenters. The second-order valence-corrected chi connectivity index (χ2v) is 16.1. The van der Waals surface area contributed by atoms with E-state index >= 15 is 0 Å². The zero-order chi connectivity index (χ0) is 52.9. The summed E-state index contributed by atoms with van der Waals surface area (Å²) in [6.07, 6.45) is 2.58. The third kappa shape index (κ3) is 13.1. The fourth-order valence-corrected chi connectivity index (χ4v) is 7.24. The van der Waals surface area contributed by atoms with Crippen molar-refractivity contribution in [1.82, 2.24) is 22.8 Å². The van der Waals surface area contributed by atoms with Gasteiger partial charge in [0.2, 0.25) is 0 Å². The second-order valence-electron chi connectivity index (χ2n) is 16.1. The Bertz CT molecular complexity index is 3410. The molecular formula is C50H50N8O15. The van der Waals surface area contributed by atoms with Gasteiger partial charge in [0.05, 0.1) is 34.4 Å². The number of benzene rings is 4. The summed E-state index contributed by atoms with van der Waals surface area (Å²) in [5, 5.41) is 34.9. The average Bonchev–Trinajstić information content (AvgIpc) is 4.32. The fraction of sp³-hybridized carbons (Fsp3) is 0.260. The van der Waals surface area contributed by atoms with Crippen molar-refractivity contribution in [3.63, 3.8) is 0 Å². The number of para-hydroxylation sites is 2. The van der Waals surface area contributed by atoms with E-state index in [-0.39, 0.29) is 65.4 Å². The molecule has 0 atom stereocenters. The molecule has 2 aliphatic rings. The van der Waals surface area contributed by atoms with Crippen molar-refractivity contribution >= 4 is 40.2 Å². The first kappa shape index (κ1) is 53.0. The quantitative estimate of drug-likeness (QED) is 0.0574. The van der Waals surface area contributed by atoms with Gasteiger partial charge in [-0.1, -0.05) is 48.5 Å². The number of carbonyl (C=O) groups is 2. The third-order valence-electron chi connectivity index (χ3n) is 10.9. The molecule has 2 aliphatic carbocycles. The van der Waals surface area contributed by atoms with Crippen LogP contribution in [0.3, 0.4) is 0 Å². The number of aromatic hydroxyl groups is 1.